The largest absolute Gasteiger partial charge is 0.396 e. The van der Waals surface area contributed by atoms with E-state index in [4.69, 9.17) is 0 Å². The molecule has 0 saturated carbocycles. The Bertz CT molecular complexity index is 612. The van der Waals surface area contributed by atoms with E-state index < -0.39 is 0 Å². The van der Waals surface area contributed by atoms with Crippen molar-refractivity contribution in [3.63, 3.8) is 0 Å². The van der Waals surface area contributed by atoms with E-state index in [-0.39, 0.29) is 18.1 Å². The molecule has 0 spiro atoms. The van der Waals surface area contributed by atoms with Crippen molar-refractivity contribution in [2.75, 3.05) is 6.61 Å². The lowest BCUT2D eigenvalue weighted by Crippen LogP contribution is -2.40. The first-order valence-electron chi connectivity index (χ1n) is 7.45. The van der Waals surface area contributed by atoms with E-state index in [9.17, 15) is 5.11 Å². The maximum atomic E-state index is 9.21. The highest BCUT2D eigenvalue weighted by Crippen LogP contribution is 2.22. The van der Waals surface area contributed by atoms with Crippen molar-refractivity contribution in [1.82, 2.24) is 20.1 Å². The van der Waals surface area contributed by atoms with Gasteiger partial charge in [-0.05, 0) is 30.4 Å². The lowest BCUT2D eigenvalue weighted by Gasteiger charge is -2.31. The monoisotopic (exact) mass is 290 g/mol. The van der Waals surface area contributed by atoms with Gasteiger partial charge in [0, 0.05) is 37.8 Å². The minimum absolute atomic E-state index is 0.116. The van der Waals surface area contributed by atoms with Crippen molar-refractivity contribution >= 4 is 11.0 Å². The van der Waals surface area contributed by atoms with E-state index >= 15 is 0 Å². The van der Waals surface area contributed by atoms with Gasteiger partial charge in [0.15, 0.2) is 5.65 Å². The van der Waals surface area contributed by atoms with E-state index in [1.165, 1.54) is 0 Å². The highest BCUT2D eigenvalue weighted by molar-refractivity contribution is 5.78. The molecule has 0 aliphatic rings. The van der Waals surface area contributed by atoms with Crippen LogP contribution in [0.1, 0.15) is 38.4 Å². The highest BCUT2D eigenvalue weighted by atomic mass is 16.3. The number of nitrogens with zero attached hydrogens (tertiary/aromatic N) is 3. The molecule has 2 rings (SSSR count). The van der Waals surface area contributed by atoms with Crippen LogP contribution in [-0.2, 0) is 13.6 Å². The average Bonchev–Trinajstić information content (AvgIpc) is 2.68. The Hall–Kier alpha value is -1.46. The van der Waals surface area contributed by atoms with Crippen LogP contribution in [0.25, 0.3) is 11.0 Å². The molecule has 116 valence electrons. The molecule has 2 aromatic heterocycles. The smallest absolute Gasteiger partial charge is 0.157 e. The van der Waals surface area contributed by atoms with Gasteiger partial charge >= 0.3 is 0 Å². The van der Waals surface area contributed by atoms with Gasteiger partial charge in [0.1, 0.15) is 0 Å². The average molecular weight is 290 g/mol. The van der Waals surface area contributed by atoms with Gasteiger partial charge < -0.3 is 10.4 Å². The van der Waals surface area contributed by atoms with E-state index in [2.05, 4.69) is 42.2 Å². The summed E-state index contributed by atoms with van der Waals surface area (Å²) < 4.78 is 1.81. The molecule has 0 fully saturated rings. The minimum atomic E-state index is 0.116. The lowest BCUT2D eigenvalue weighted by molar-refractivity contribution is 0.196. The Labute approximate surface area is 126 Å². The topological polar surface area (TPSA) is 63.0 Å². The van der Waals surface area contributed by atoms with Crippen LogP contribution in [-0.4, -0.2) is 32.5 Å². The van der Waals surface area contributed by atoms with E-state index in [0.29, 0.717) is 0 Å². The van der Waals surface area contributed by atoms with E-state index in [0.717, 1.165) is 35.3 Å². The number of aliphatic hydroxyl groups excluding tert-OH is 1. The number of rotatable bonds is 5. The number of nitrogens with one attached hydrogen (secondary N) is 1. The second-order valence-electron chi connectivity index (χ2n) is 6.74. The summed E-state index contributed by atoms with van der Waals surface area (Å²) in [5.41, 5.74) is 3.18. The van der Waals surface area contributed by atoms with E-state index in [1.54, 1.807) is 0 Å². The fourth-order valence-electron chi connectivity index (χ4n) is 2.66. The van der Waals surface area contributed by atoms with Crippen LogP contribution in [0, 0.1) is 12.3 Å². The van der Waals surface area contributed by atoms with Crippen LogP contribution in [0.2, 0.25) is 0 Å². The summed E-state index contributed by atoms with van der Waals surface area (Å²) in [5.74, 6) is 0. The summed E-state index contributed by atoms with van der Waals surface area (Å²) in [6.07, 6.45) is 2.65. The lowest BCUT2D eigenvalue weighted by atomic mass is 9.85. The Morgan fingerprint density at radius 1 is 1.38 bits per heavy atom. The number of aryl methyl sites for hydroxylation is 2. The molecule has 0 aromatic carbocycles. The van der Waals surface area contributed by atoms with Gasteiger partial charge in [-0.15, -0.1) is 0 Å². The van der Waals surface area contributed by atoms with Crippen LogP contribution in [0.4, 0.5) is 0 Å². The number of hydrogen-bond donors (Lipinski definition) is 2. The fourth-order valence-corrected chi connectivity index (χ4v) is 2.66. The first kappa shape index (κ1) is 15.9. The van der Waals surface area contributed by atoms with Gasteiger partial charge in [-0.3, -0.25) is 4.68 Å². The van der Waals surface area contributed by atoms with E-state index in [1.807, 2.05) is 24.9 Å². The number of pyridine rings is 1. The fraction of sp³-hybridized carbons (Fsp3) is 0.625. The Morgan fingerprint density at radius 3 is 2.71 bits per heavy atom. The number of aliphatic hydroxyl groups is 1. The van der Waals surface area contributed by atoms with Gasteiger partial charge in [-0.2, -0.15) is 5.10 Å². The summed E-state index contributed by atoms with van der Waals surface area (Å²) in [6.45, 7) is 9.52. The summed E-state index contributed by atoms with van der Waals surface area (Å²) in [6, 6.07) is 2.42. The third-order valence-electron chi connectivity index (χ3n) is 3.94. The molecular formula is C16H26N4O. The Kier molecular flexibility index (Phi) is 4.64. The van der Waals surface area contributed by atoms with Crippen molar-refractivity contribution in [3.8, 4) is 0 Å². The molecule has 5 nitrogen and oxygen atoms in total. The van der Waals surface area contributed by atoms with Crippen molar-refractivity contribution < 1.29 is 5.11 Å². The van der Waals surface area contributed by atoms with Crippen LogP contribution in [0.5, 0.6) is 0 Å². The van der Waals surface area contributed by atoms with Crippen molar-refractivity contribution in [1.29, 1.82) is 0 Å². The second-order valence-corrected chi connectivity index (χ2v) is 6.74. The normalized spacial score (nSPS) is 13.8. The van der Waals surface area contributed by atoms with Crippen molar-refractivity contribution in [3.05, 3.63) is 23.5 Å². The number of aromatic nitrogens is 3. The predicted molar refractivity (Wildman–Crippen MR) is 85.0 cm³/mol. The first-order chi connectivity index (χ1) is 9.82. The molecule has 21 heavy (non-hydrogen) atoms. The second kappa shape index (κ2) is 6.12. The molecule has 0 saturated heterocycles. The minimum Gasteiger partial charge on any atom is -0.396 e. The summed E-state index contributed by atoms with van der Waals surface area (Å²) in [7, 11) is 1.91. The first-order valence-corrected chi connectivity index (χ1v) is 7.45. The van der Waals surface area contributed by atoms with Gasteiger partial charge in [-0.25, -0.2) is 4.98 Å². The molecule has 5 heteroatoms. The van der Waals surface area contributed by atoms with Crippen LogP contribution >= 0.6 is 0 Å². The summed E-state index contributed by atoms with van der Waals surface area (Å²) >= 11 is 0. The van der Waals surface area contributed by atoms with Crippen LogP contribution in [0.15, 0.2) is 12.3 Å². The van der Waals surface area contributed by atoms with Crippen molar-refractivity contribution in [2.24, 2.45) is 12.5 Å². The van der Waals surface area contributed by atoms with Crippen LogP contribution < -0.4 is 5.32 Å². The van der Waals surface area contributed by atoms with Crippen molar-refractivity contribution in [2.45, 2.75) is 46.7 Å². The molecule has 0 bridgehead atoms. The third kappa shape index (κ3) is 3.60. The molecule has 0 radical (unpaired) electrons. The number of hydrogen-bond acceptors (Lipinski definition) is 4. The highest BCUT2D eigenvalue weighted by Gasteiger charge is 2.23. The summed E-state index contributed by atoms with van der Waals surface area (Å²) in [5, 5.41) is 18.3. The number of fused-ring (bicyclic) bond motifs is 1. The molecular weight excluding hydrogens is 264 g/mol. The molecule has 2 heterocycles. The molecule has 1 unspecified atom stereocenters. The van der Waals surface area contributed by atoms with Gasteiger partial charge in [0.2, 0.25) is 0 Å². The maximum absolute atomic E-state index is 9.21. The molecule has 2 N–H and O–H groups in total. The van der Waals surface area contributed by atoms with Gasteiger partial charge in [0.25, 0.3) is 0 Å². The Balaban J connectivity index is 2.14. The van der Waals surface area contributed by atoms with Gasteiger partial charge in [0.05, 0.1) is 5.69 Å². The predicted octanol–water partition coefficient (Wildman–Crippen LogP) is 2.16. The molecule has 0 aliphatic heterocycles. The Morgan fingerprint density at radius 2 is 2.10 bits per heavy atom. The maximum Gasteiger partial charge on any atom is 0.157 e. The molecule has 0 amide bonds. The third-order valence-corrected chi connectivity index (χ3v) is 3.94. The van der Waals surface area contributed by atoms with Crippen LogP contribution in [0.3, 0.4) is 0 Å². The zero-order chi connectivity index (χ0) is 15.6. The zero-order valence-corrected chi connectivity index (χ0v) is 13.6. The SMILES string of the molecule is Cc1nn(C)c2ncc(CNC(CCO)C(C)(C)C)cc12. The quantitative estimate of drug-likeness (QED) is 0.886. The molecule has 1 atom stereocenters. The molecule has 2 aromatic rings. The summed E-state index contributed by atoms with van der Waals surface area (Å²) in [4.78, 5) is 4.50. The standard InChI is InChI=1S/C16H26N4O/c1-11-13-8-12(10-18-15(13)20(5)19-11)9-17-14(6-7-21)16(2,3)4/h8,10,14,17,21H,6-7,9H2,1-5H3. The van der Waals surface area contributed by atoms with Gasteiger partial charge in [-0.1, -0.05) is 20.8 Å². The zero-order valence-electron chi connectivity index (χ0n) is 13.6. The molecule has 0 aliphatic carbocycles.